The largest absolute Gasteiger partial charge is 0.398 e. The van der Waals surface area contributed by atoms with Crippen LogP contribution in [0.2, 0.25) is 0 Å². The quantitative estimate of drug-likeness (QED) is 0.812. The van der Waals surface area contributed by atoms with Gasteiger partial charge in [-0.25, -0.2) is 0 Å². The average Bonchev–Trinajstić information content (AvgIpc) is 2.86. The molecule has 0 aliphatic heterocycles. The molecule has 2 rings (SSSR count). The molecule has 0 aromatic heterocycles. The van der Waals surface area contributed by atoms with Gasteiger partial charge in [-0.05, 0) is 52.4 Å². The maximum Gasteiger partial charge on any atom is 0.0458 e. The van der Waals surface area contributed by atoms with Crippen molar-refractivity contribution in [1.82, 2.24) is 4.90 Å². The van der Waals surface area contributed by atoms with E-state index in [1.165, 1.54) is 37.8 Å². The van der Waals surface area contributed by atoms with Crippen molar-refractivity contribution in [2.24, 2.45) is 5.92 Å². The highest BCUT2D eigenvalue weighted by atomic mass is 79.9. The van der Waals surface area contributed by atoms with Crippen LogP contribution in [0.3, 0.4) is 0 Å². The number of nitrogen functional groups attached to an aromatic ring is 1. The van der Waals surface area contributed by atoms with Gasteiger partial charge in [-0.15, -0.1) is 0 Å². The smallest absolute Gasteiger partial charge is 0.0458 e. The summed E-state index contributed by atoms with van der Waals surface area (Å²) in [5.74, 6) is 0.720. The number of rotatable bonds is 5. The van der Waals surface area contributed by atoms with E-state index in [2.05, 4.69) is 46.8 Å². The SMILES string of the molecule is CC(C)CN(Cc1ccc(N)c(Br)c1)C1CCCC1. The van der Waals surface area contributed by atoms with Crippen LogP contribution >= 0.6 is 15.9 Å². The highest BCUT2D eigenvalue weighted by Gasteiger charge is 2.23. The summed E-state index contributed by atoms with van der Waals surface area (Å²) in [6, 6.07) is 7.10. The number of anilines is 1. The minimum atomic E-state index is 0.720. The Hall–Kier alpha value is -0.540. The molecule has 1 fully saturated rings. The first-order valence-corrected chi connectivity index (χ1v) is 8.13. The second kappa shape index (κ2) is 6.76. The van der Waals surface area contributed by atoms with Crippen LogP contribution < -0.4 is 5.73 Å². The molecule has 1 aromatic rings. The molecule has 1 aromatic carbocycles. The normalized spacial score (nSPS) is 16.7. The van der Waals surface area contributed by atoms with Gasteiger partial charge in [0.1, 0.15) is 0 Å². The molecule has 0 amide bonds. The summed E-state index contributed by atoms with van der Waals surface area (Å²) in [5, 5.41) is 0. The van der Waals surface area contributed by atoms with Gasteiger partial charge in [0.25, 0.3) is 0 Å². The predicted molar refractivity (Wildman–Crippen MR) is 86.1 cm³/mol. The zero-order chi connectivity index (χ0) is 13.8. The Labute approximate surface area is 125 Å². The van der Waals surface area contributed by atoms with Crippen molar-refractivity contribution >= 4 is 21.6 Å². The second-order valence-electron chi connectivity index (χ2n) is 6.12. The van der Waals surface area contributed by atoms with E-state index in [0.29, 0.717) is 0 Å². The summed E-state index contributed by atoms with van der Waals surface area (Å²) in [6.07, 6.45) is 5.51. The predicted octanol–water partition coefficient (Wildman–Crippen LogP) is 4.43. The minimum Gasteiger partial charge on any atom is -0.398 e. The van der Waals surface area contributed by atoms with Crippen LogP contribution in [-0.2, 0) is 6.54 Å². The molecule has 106 valence electrons. The number of nitrogens with two attached hydrogens (primary N) is 1. The fourth-order valence-electron chi connectivity index (χ4n) is 2.98. The summed E-state index contributed by atoms with van der Waals surface area (Å²) in [6.45, 7) is 6.84. The summed E-state index contributed by atoms with van der Waals surface area (Å²) < 4.78 is 1.01. The molecule has 1 aliphatic rings. The summed E-state index contributed by atoms with van der Waals surface area (Å²) >= 11 is 3.53. The average molecular weight is 325 g/mol. The summed E-state index contributed by atoms with van der Waals surface area (Å²) in [7, 11) is 0. The third-order valence-corrected chi connectivity index (χ3v) is 4.58. The Morgan fingerprint density at radius 3 is 2.58 bits per heavy atom. The maximum atomic E-state index is 5.86. The van der Waals surface area contributed by atoms with E-state index in [1.54, 1.807) is 0 Å². The monoisotopic (exact) mass is 324 g/mol. The molecule has 0 saturated heterocycles. The standard InChI is InChI=1S/C16H25BrN2/c1-12(2)10-19(14-5-3-4-6-14)11-13-7-8-16(18)15(17)9-13/h7-9,12,14H,3-6,10-11,18H2,1-2H3. The van der Waals surface area contributed by atoms with Gasteiger partial charge in [0, 0.05) is 29.3 Å². The van der Waals surface area contributed by atoms with Crippen LogP contribution in [0.4, 0.5) is 5.69 Å². The third-order valence-electron chi connectivity index (χ3n) is 3.89. The van der Waals surface area contributed by atoms with E-state index in [1.807, 2.05) is 6.07 Å². The first-order valence-electron chi connectivity index (χ1n) is 7.34. The minimum absolute atomic E-state index is 0.720. The van der Waals surface area contributed by atoms with Gasteiger partial charge >= 0.3 is 0 Å². The van der Waals surface area contributed by atoms with Crippen molar-refractivity contribution in [2.45, 2.75) is 52.1 Å². The van der Waals surface area contributed by atoms with Crippen LogP contribution in [0.25, 0.3) is 0 Å². The molecule has 0 atom stereocenters. The molecule has 1 aliphatic carbocycles. The third kappa shape index (κ3) is 4.22. The Balaban J connectivity index is 2.07. The molecular weight excluding hydrogens is 300 g/mol. The van der Waals surface area contributed by atoms with E-state index in [9.17, 15) is 0 Å². The molecule has 0 spiro atoms. The highest BCUT2D eigenvalue weighted by Crippen LogP contribution is 2.27. The van der Waals surface area contributed by atoms with Crippen molar-refractivity contribution in [1.29, 1.82) is 0 Å². The van der Waals surface area contributed by atoms with Gasteiger partial charge in [-0.2, -0.15) is 0 Å². The number of benzene rings is 1. The van der Waals surface area contributed by atoms with Crippen molar-refractivity contribution in [2.75, 3.05) is 12.3 Å². The summed E-state index contributed by atoms with van der Waals surface area (Å²) in [4.78, 5) is 2.66. The number of hydrogen-bond donors (Lipinski definition) is 1. The number of nitrogens with zero attached hydrogens (tertiary/aromatic N) is 1. The Morgan fingerprint density at radius 1 is 1.32 bits per heavy atom. The van der Waals surface area contributed by atoms with Gasteiger partial charge in [-0.3, -0.25) is 4.90 Å². The second-order valence-corrected chi connectivity index (χ2v) is 6.97. The summed E-state index contributed by atoms with van der Waals surface area (Å²) in [5.41, 5.74) is 8.04. The Kier molecular flexibility index (Phi) is 5.28. The van der Waals surface area contributed by atoms with Crippen LogP contribution in [0.5, 0.6) is 0 Å². The fraction of sp³-hybridized carbons (Fsp3) is 0.625. The maximum absolute atomic E-state index is 5.86. The van der Waals surface area contributed by atoms with Crippen molar-refractivity contribution in [3.05, 3.63) is 28.2 Å². The lowest BCUT2D eigenvalue weighted by molar-refractivity contribution is 0.168. The molecule has 2 N–H and O–H groups in total. The highest BCUT2D eigenvalue weighted by molar-refractivity contribution is 9.10. The first-order chi connectivity index (χ1) is 9.06. The van der Waals surface area contributed by atoms with Gasteiger partial charge in [0.05, 0.1) is 0 Å². The van der Waals surface area contributed by atoms with Crippen LogP contribution in [0.15, 0.2) is 22.7 Å². The molecule has 1 saturated carbocycles. The van der Waals surface area contributed by atoms with Crippen molar-refractivity contribution in [3.63, 3.8) is 0 Å². The zero-order valence-corrected chi connectivity index (χ0v) is 13.6. The molecular formula is C16H25BrN2. The number of hydrogen-bond acceptors (Lipinski definition) is 2. The lowest BCUT2D eigenvalue weighted by atomic mass is 10.1. The van der Waals surface area contributed by atoms with E-state index in [4.69, 9.17) is 5.73 Å². The molecule has 0 heterocycles. The molecule has 0 radical (unpaired) electrons. The van der Waals surface area contributed by atoms with Crippen LogP contribution in [0, 0.1) is 5.92 Å². The zero-order valence-electron chi connectivity index (χ0n) is 12.0. The first kappa shape index (κ1) is 14.9. The van der Waals surface area contributed by atoms with E-state index in [-0.39, 0.29) is 0 Å². The molecule has 0 bridgehead atoms. The van der Waals surface area contributed by atoms with E-state index in [0.717, 1.165) is 28.7 Å². The van der Waals surface area contributed by atoms with Gasteiger partial charge in [0.2, 0.25) is 0 Å². The van der Waals surface area contributed by atoms with Gasteiger partial charge < -0.3 is 5.73 Å². The van der Waals surface area contributed by atoms with E-state index < -0.39 is 0 Å². The topological polar surface area (TPSA) is 29.3 Å². The van der Waals surface area contributed by atoms with Crippen molar-refractivity contribution in [3.8, 4) is 0 Å². The fourth-order valence-corrected chi connectivity index (χ4v) is 3.41. The van der Waals surface area contributed by atoms with Crippen LogP contribution in [0.1, 0.15) is 45.1 Å². The Bertz CT molecular complexity index is 411. The van der Waals surface area contributed by atoms with Gasteiger partial charge in [-0.1, -0.05) is 32.8 Å². The molecule has 2 nitrogen and oxygen atoms in total. The van der Waals surface area contributed by atoms with Crippen molar-refractivity contribution < 1.29 is 0 Å². The Morgan fingerprint density at radius 2 is 2.00 bits per heavy atom. The molecule has 3 heteroatoms. The lowest BCUT2D eigenvalue weighted by Gasteiger charge is -2.30. The van der Waals surface area contributed by atoms with Crippen LogP contribution in [-0.4, -0.2) is 17.5 Å². The lowest BCUT2D eigenvalue weighted by Crippen LogP contribution is -2.35. The van der Waals surface area contributed by atoms with Gasteiger partial charge in [0.15, 0.2) is 0 Å². The molecule has 19 heavy (non-hydrogen) atoms. The van der Waals surface area contributed by atoms with E-state index >= 15 is 0 Å². The molecule has 0 unspecified atom stereocenters. The number of halogens is 1.